The fraction of sp³-hybridized carbons (Fsp3) is 0. The van der Waals surface area contributed by atoms with Crippen LogP contribution in [-0.4, -0.2) is 10.1 Å². The lowest BCUT2D eigenvalue weighted by Gasteiger charge is -2.01. The van der Waals surface area contributed by atoms with Gasteiger partial charge in [-0.1, -0.05) is 0 Å². The fourth-order valence-electron chi connectivity index (χ4n) is 1.17. The van der Waals surface area contributed by atoms with E-state index in [1.54, 1.807) is 0 Å². The maximum Gasteiger partial charge on any atom is 0.292 e. The lowest BCUT2D eigenvalue weighted by molar-refractivity contribution is 0.427. The first-order chi connectivity index (χ1) is 7.08. The summed E-state index contributed by atoms with van der Waals surface area (Å²) in [5.74, 6) is -2.59. The molecule has 0 aliphatic carbocycles. The molecule has 4 nitrogen and oxygen atoms in total. The van der Waals surface area contributed by atoms with Gasteiger partial charge in [-0.3, -0.25) is 0 Å². The molecule has 0 bridgehead atoms. The molecule has 6 heteroatoms. The van der Waals surface area contributed by atoms with Crippen molar-refractivity contribution in [2.75, 3.05) is 5.73 Å². The monoisotopic (exact) mass is 212 g/mol. The lowest BCUT2D eigenvalue weighted by atomic mass is 10.1. The number of phenolic OH excluding ortho intramolecular Hbond substituents is 1. The van der Waals surface area contributed by atoms with Gasteiger partial charge in [-0.15, -0.1) is 0 Å². The van der Waals surface area contributed by atoms with Crippen LogP contribution >= 0.6 is 0 Å². The van der Waals surface area contributed by atoms with Crippen molar-refractivity contribution in [3.63, 3.8) is 0 Å². The zero-order chi connectivity index (χ0) is 11.0. The van der Waals surface area contributed by atoms with E-state index in [-0.39, 0.29) is 17.3 Å². The number of nitrogens with two attached hydrogens (primary N) is 1. The van der Waals surface area contributed by atoms with Crippen molar-refractivity contribution in [1.29, 1.82) is 0 Å². The molecule has 0 radical (unpaired) electrons. The number of phenols is 1. The van der Waals surface area contributed by atoms with Crippen molar-refractivity contribution in [3.05, 3.63) is 30.0 Å². The van der Waals surface area contributed by atoms with E-state index < -0.39 is 17.4 Å². The number of anilines is 1. The predicted molar refractivity (Wildman–Crippen MR) is 47.9 cm³/mol. The summed E-state index contributed by atoms with van der Waals surface area (Å²) in [7, 11) is 0. The molecule has 0 spiro atoms. The van der Waals surface area contributed by atoms with Crippen LogP contribution in [0.2, 0.25) is 0 Å². The summed E-state index contributed by atoms with van der Waals surface area (Å²) in [5, 5.41) is 9.31. The Morgan fingerprint density at radius 1 is 1.33 bits per heavy atom. The molecule has 3 N–H and O–H groups in total. The predicted octanol–water partition coefficient (Wildman–Crippen LogP) is 1.91. The van der Waals surface area contributed by atoms with Crippen LogP contribution in [0.15, 0.2) is 22.7 Å². The van der Waals surface area contributed by atoms with Gasteiger partial charge in [0, 0.05) is 6.07 Å². The van der Waals surface area contributed by atoms with Gasteiger partial charge in [0.2, 0.25) is 0 Å². The molecule has 0 atom stereocenters. The van der Waals surface area contributed by atoms with Crippen molar-refractivity contribution in [2.24, 2.45) is 0 Å². The molecule has 2 aromatic rings. The quantitative estimate of drug-likeness (QED) is 0.757. The van der Waals surface area contributed by atoms with Crippen molar-refractivity contribution in [2.45, 2.75) is 0 Å². The van der Waals surface area contributed by atoms with Gasteiger partial charge >= 0.3 is 0 Å². The lowest BCUT2D eigenvalue weighted by Crippen LogP contribution is -1.85. The maximum atomic E-state index is 12.9. The highest BCUT2D eigenvalue weighted by Gasteiger charge is 2.15. The van der Waals surface area contributed by atoms with Gasteiger partial charge in [0.25, 0.3) is 6.01 Å². The van der Waals surface area contributed by atoms with E-state index in [0.717, 1.165) is 6.07 Å². The van der Waals surface area contributed by atoms with Gasteiger partial charge in [0.05, 0.1) is 11.8 Å². The Bertz CT molecular complexity index is 511. The van der Waals surface area contributed by atoms with Crippen molar-refractivity contribution in [3.8, 4) is 17.1 Å². The van der Waals surface area contributed by atoms with Crippen molar-refractivity contribution in [1.82, 2.24) is 4.98 Å². The van der Waals surface area contributed by atoms with E-state index in [0.29, 0.717) is 6.07 Å². The minimum atomic E-state index is -1.07. The third-order valence-corrected chi connectivity index (χ3v) is 1.82. The smallest absolute Gasteiger partial charge is 0.292 e. The minimum Gasteiger partial charge on any atom is -0.504 e. The van der Waals surface area contributed by atoms with Gasteiger partial charge in [0.1, 0.15) is 5.82 Å². The van der Waals surface area contributed by atoms with E-state index in [4.69, 9.17) is 10.2 Å². The zero-order valence-electron chi connectivity index (χ0n) is 7.37. The average molecular weight is 212 g/mol. The van der Waals surface area contributed by atoms with Crippen LogP contribution in [0.25, 0.3) is 11.3 Å². The SMILES string of the molecule is Nc1ncc(-c2cc(F)cc(F)c2O)o1. The number of hydrogen-bond donors (Lipinski definition) is 2. The molecule has 0 aliphatic rings. The fourth-order valence-corrected chi connectivity index (χ4v) is 1.17. The highest BCUT2D eigenvalue weighted by Crippen LogP contribution is 2.32. The molecule has 1 aromatic heterocycles. The third kappa shape index (κ3) is 1.61. The number of hydrogen-bond acceptors (Lipinski definition) is 4. The third-order valence-electron chi connectivity index (χ3n) is 1.82. The molecular formula is C9H6F2N2O2. The Labute approximate surface area is 83.0 Å². The molecule has 0 amide bonds. The number of aromatic hydroxyl groups is 1. The number of rotatable bonds is 1. The van der Waals surface area contributed by atoms with Gasteiger partial charge < -0.3 is 15.3 Å². The Morgan fingerprint density at radius 2 is 2.07 bits per heavy atom. The number of oxazole rings is 1. The van der Waals surface area contributed by atoms with Crippen LogP contribution in [0.4, 0.5) is 14.8 Å². The summed E-state index contributed by atoms with van der Waals surface area (Å²) >= 11 is 0. The summed E-state index contributed by atoms with van der Waals surface area (Å²) in [4.78, 5) is 3.55. The summed E-state index contributed by atoms with van der Waals surface area (Å²) in [5.41, 5.74) is 5.07. The standard InChI is InChI=1S/C9H6F2N2O2/c10-4-1-5(8(14)6(11)2-4)7-3-13-9(12)15-7/h1-3,14H,(H2,12,13). The van der Waals surface area contributed by atoms with Gasteiger partial charge in [-0.2, -0.15) is 0 Å². The molecule has 0 aliphatic heterocycles. The van der Waals surface area contributed by atoms with Crippen molar-refractivity contribution >= 4 is 6.01 Å². The van der Waals surface area contributed by atoms with Crippen LogP contribution in [0, 0.1) is 11.6 Å². The summed E-state index contributed by atoms with van der Waals surface area (Å²) < 4.78 is 30.6. The molecule has 1 heterocycles. The molecule has 15 heavy (non-hydrogen) atoms. The Hall–Kier alpha value is -2.11. The van der Waals surface area contributed by atoms with E-state index in [2.05, 4.69) is 4.98 Å². The molecule has 0 saturated carbocycles. The average Bonchev–Trinajstić information content (AvgIpc) is 2.58. The first kappa shape index (κ1) is 9.45. The number of nitrogen functional groups attached to an aromatic ring is 1. The van der Waals surface area contributed by atoms with Crippen LogP contribution in [0.5, 0.6) is 5.75 Å². The topological polar surface area (TPSA) is 72.3 Å². The number of halogens is 2. The van der Waals surface area contributed by atoms with E-state index in [1.165, 1.54) is 6.20 Å². The molecule has 2 rings (SSSR count). The summed E-state index contributed by atoms with van der Waals surface area (Å²) in [6.45, 7) is 0. The molecule has 78 valence electrons. The maximum absolute atomic E-state index is 12.9. The summed E-state index contributed by atoms with van der Waals surface area (Å²) in [6.07, 6.45) is 1.17. The molecule has 0 saturated heterocycles. The zero-order valence-corrected chi connectivity index (χ0v) is 7.37. The molecule has 1 aromatic carbocycles. The number of benzene rings is 1. The number of nitrogens with zero attached hydrogens (tertiary/aromatic N) is 1. The Morgan fingerprint density at radius 3 is 2.67 bits per heavy atom. The first-order valence-corrected chi connectivity index (χ1v) is 3.97. The summed E-state index contributed by atoms with van der Waals surface area (Å²) in [6, 6.07) is 1.35. The molecule has 0 unspecified atom stereocenters. The Balaban J connectivity index is 2.62. The Kier molecular flexibility index (Phi) is 2.03. The second-order valence-electron chi connectivity index (χ2n) is 2.85. The van der Waals surface area contributed by atoms with Gasteiger partial charge in [-0.05, 0) is 6.07 Å². The normalized spacial score (nSPS) is 10.5. The van der Waals surface area contributed by atoms with Crippen LogP contribution in [-0.2, 0) is 0 Å². The van der Waals surface area contributed by atoms with Crippen LogP contribution in [0.1, 0.15) is 0 Å². The second kappa shape index (κ2) is 3.23. The van der Waals surface area contributed by atoms with Crippen LogP contribution < -0.4 is 5.73 Å². The second-order valence-corrected chi connectivity index (χ2v) is 2.85. The van der Waals surface area contributed by atoms with E-state index in [1.807, 2.05) is 0 Å². The highest BCUT2D eigenvalue weighted by molar-refractivity contribution is 5.65. The molecule has 0 fully saturated rings. The largest absolute Gasteiger partial charge is 0.504 e. The van der Waals surface area contributed by atoms with Gasteiger partial charge in [-0.25, -0.2) is 13.8 Å². The van der Waals surface area contributed by atoms with E-state index in [9.17, 15) is 13.9 Å². The van der Waals surface area contributed by atoms with Gasteiger partial charge in [0.15, 0.2) is 17.3 Å². The van der Waals surface area contributed by atoms with Crippen LogP contribution in [0.3, 0.4) is 0 Å². The number of aromatic nitrogens is 1. The van der Waals surface area contributed by atoms with Crippen molar-refractivity contribution < 1.29 is 18.3 Å². The highest BCUT2D eigenvalue weighted by atomic mass is 19.1. The first-order valence-electron chi connectivity index (χ1n) is 3.97. The minimum absolute atomic E-state index is 0.00315. The molecular weight excluding hydrogens is 206 g/mol. The van der Waals surface area contributed by atoms with E-state index >= 15 is 0 Å².